The van der Waals surface area contributed by atoms with Gasteiger partial charge in [-0.05, 0) is 203 Å². The van der Waals surface area contributed by atoms with Crippen molar-refractivity contribution in [3.8, 4) is 28.7 Å². The topological polar surface area (TPSA) is 163 Å². The third-order valence-corrected chi connectivity index (χ3v) is 26.2. The SMILES string of the molecule is CN=Cc1cc(C)ccc1Pc1ccccc1O.CN=Cc1cccc(C)c1Pc1cc(C(C)(C)C)cc(C(C)(C)C)c1O.CN=Cc1cccc(C)c1Pc1cc(C(C)(C)C)cc(C)c1O.CN=Cc1cccc(C)c1Pc1cc(C)cc(C(C)(C)C)c1O.CN=Cc1cccc(C)c1Pc1cc(C)cc(C)c1O.[Cl][Ti][Cl].[Cl][Ti][Cl].[Cl][Ti][Cl].[Cl][Ti][Cl].[Cl][Ti][Cl]. The molecule has 0 heterocycles. The first-order chi connectivity index (χ1) is 58.7. The quantitative estimate of drug-likeness (QED) is 0.0391. The third kappa shape index (κ3) is 43.6. The van der Waals surface area contributed by atoms with Crippen molar-refractivity contribution in [2.75, 3.05) is 35.2 Å². The van der Waals surface area contributed by atoms with E-state index in [-0.39, 0.29) is 21.7 Å². The first kappa shape index (κ1) is 121. The number of halogens is 10. The minimum absolute atomic E-state index is 0.0341. The average molecular weight is 2160 g/mol. The fourth-order valence-electron chi connectivity index (χ4n) is 12.3. The molecule has 5 N–H and O–H groups in total. The number of hydrogen-bond donors (Lipinski definition) is 5. The zero-order valence-electron chi connectivity index (χ0n) is 76.2. The molecule has 125 heavy (non-hydrogen) atoms. The fraction of sp³-hybridized carbons (Fsp3) is 0.316. The molecule has 0 fully saturated rings. The van der Waals surface area contributed by atoms with Gasteiger partial charge in [-0.15, -0.1) is 0 Å². The van der Waals surface area contributed by atoms with Crippen LogP contribution in [0.5, 0.6) is 28.7 Å². The predicted octanol–water partition coefficient (Wildman–Crippen LogP) is 25.2. The van der Waals surface area contributed by atoms with E-state index >= 15 is 0 Å². The second-order valence-corrected chi connectivity index (χ2v) is 51.9. The van der Waals surface area contributed by atoms with Crippen molar-refractivity contribution in [1.82, 2.24) is 0 Å². The van der Waals surface area contributed by atoms with Crippen LogP contribution in [0.1, 0.15) is 183 Å². The summed E-state index contributed by atoms with van der Waals surface area (Å²) in [5, 5.41) is 63.7. The average Bonchev–Trinajstić information content (AvgIpc) is 0.782. The molecule has 0 aliphatic heterocycles. The summed E-state index contributed by atoms with van der Waals surface area (Å²) in [6.07, 6.45) is 9.45. The van der Waals surface area contributed by atoms with Crippen molar-refractivity contribution in [1.29, 1.82) is 0 Å². The maximum atomic E-state index is 11.1. The summed E-state index contributed by atoms with van der Waals surface area (Å²) in [6, 6.07) is 55.7. The van der Waals surface area contributed by atoms with Gasteiger partial charge < -0.3 is 25.5 Å². The van der Waals surface area contributed by atoms with E-state index in [1.165, 1.54) is 76.6 Å². The number of aromatic hydroxyl groups is 5. The molecule has 10 aromatic rings. The summed E-state index contributed by atoms with van der Waals surface area (Å²) in [5.41, 5.74) is 20.5. The minimum atomic E-state index is -0.556. The van der Waals surface area contributed by atoms with E-state index in [1.807, 2.05) is 75.3 Å². The van der Waals surface area contributed by atoms with Crippen LogP contribution < -0.4 is 53.0 Å². The van der Waals surface area contributed by atoms with E-state index in [9.17, 15) is 25.5 Å². The van der Waals surface area contributed by atoms with Gasteiger partial charge in [-0.1, -0.05) is 259 Å². The molecule has 0 saturated carbocycles. The molecule has 0 aromatic heterocycles. The molecular weight excluding hydrogens is 2040 g/mol. The number of hydrogen-bond acceptors (Lipinski definition) is 10. The van der Waals surface area contributed by atoms with Crippen LogP contribution in [0, 0.1) is 62.3 Å². The van der Waals surface area contributed by atoms with Crippen LogP contribution in [0.2, 0.25) is 0 Å². The molecule has 0 saturated heterocycles. The summed E-state index contributed by atoms with van der Waals surface area (Å²) in [5.74, 6) is 2.06. The van der Waals surface area contributed by atoms with E-state index in [0.29, 0.717) is 71.7 Å². The molecule has 0 radical (unpaired) electrons. The molecule has 5 unspecified atom stereocenters. The van der Waals surface area contributed by atoms with Crippen LogP contribution in [0.3, 0.4) is 0 Å². The van der Waals surface area contributed by atoms with Crippen LogP contribution in [0.15, 0.2) is 189 Å². The van der Waals surface area contributed by atoms with E-state index in [4.69, 9.17) is 93.0 Å². The number of nitrogens with zero attached hydrogens (tertiary/aromatic N) is 5. The molecule has 0 bridgehead atoms. The molecule has 10 nitrogen and oxygen atoms in total. The maximum absolute atomic E-state index is 11.1. The van der Waals surface area contributed by atoms with E-state index < -0.39 is 85.2 Å². The zero-order chi connectivity index (χ0) is 95.3. The Balaban J connectivity index is 0.000000752. The van der Waals surface area contributed by atoms with Gasteiger partial charge in [0.25, 0.3) is 0 Å². The summed E-state index contributed by atoms with van der Waals surface area (Å²) < 4.78 is 0. The van der Waals surface area contributed by atoms with E-state index in [1.54, 1.807) is 41.3 Å². The Morgan fingerprint density at radius 1 is 0.256 bits per heavy atom. The van der Waals surface area contributed by atoms with Crippen molar-refractivity contribution in [3.05, 3.63) is 264 Å². The van der Waals surface area contributed by atoms with Gasteiger partial charge >= 0.3 is 178 Å². The van der Waals surface area contributed by atoms with Crippen molar-refractivity contribution in [3.63, 3.8) is 0 Å². The molecule has 10 rings (SSSR count). The number of phenols is 5. The van der Waals surface area contributed by atoms with E-state index in [0.717, 1.165) is 76.6 Å². The monoisotopic (exact) mass is 2160 g/mol. The van der Waals surface area contributed by atoms with Crippen molar-refractivity contribution >= 4 is 220 Å². The molecule has 10 aromatic carbocycles. The summed E-state index contributed by atoms with van der Waals surface area (Å²) >= 11 is -2.78. The zero-order valence-corrected chi connectivity index (χ0v) is 96.6. The van der Waals surface area contributed by atoms with Gasteiger partial charge in [0.2, 0.25) is 0 Å². The Hall–Kier alpha value is -1.83. The van der Waals surface area contributed by atoms with Crippen molar-refractivity contribution < 1.29 is 111 Å². The molecule has 0 aliphatic carbocycles. The Labute approximate surface area is 840 Å². The Morgan fingerprint density at radius 2 is 0.544 bits per heavy atom. The number of aliphatic imine (C=N–C) groups is 5. The van der Waals surface area contributed by atoms with Gasteiger partial charge in [0.15, 0.2) is 0 Å². The van der Waals surface area contributed by atoms with Crippen LogP contribution in [-0.2, 0) is 107 Å². The van der Waals surface area contributed by atoms with Gasteiger partial charge in [0.05, 0.1) is 0 Å². The van der Waals surface area contributed by atoms with Crippen LogP contribution in [-0.4, -0.2) is 91.8 Å². The molecule has 0 aliphatic rings. The molecular formula is C95H120Cl10N5O5P5Ti5. The normalized spacial score (nSPS) is 11.5. The van der Waals surface area contributed by atoms with Crippen LogP contribution >= 0.6 is 136 Å². The number of benzene rings is 10. The van der Waals surface area contributed by atoms with E-state index in [2.05, 4.69) is 284 Å². The first-order valence-corrected chi connectivity index (χ1v) is 65.6. The summed E-state index contributed by atoms with van der Waals surface area (Å²) in [6.45, 7) is 44.8. The Morgan fingerprint density at radius 3 is 0.872 bits per heavy atom. The molecule has 5 atom stereocenters. The number of para-hydroxylation sites is 1. The standard InChI is InChI=1S/C23H32NOP.2C20H26NOP.C17H20NOP.C15H16NOP.10ClH.5Ti/c1-15-10-9-11-16(14-24-8)21(15)26-19-13-17(22(2,3)4)12-18(20(19)25)23(5,6)7;1-13-10-16(20(3,4)5)18(22)17(11-13)23-19-14(2)8-7-9-15(19)12-21-6;1-13-8-7-9-15(12-21-6)19(13)23-17-11-16(20(3,4)5)10-14(2)18(17)22;1-11-8-13(3)16(19)15(9-11)20-17-12(2)6-5-7-14(17)10-18-4;1-11-7-8-14(12(9-11)10-16-2)18-15-6-4-3-5-13(15)17;;;;;;;;;;;;;;;/h9-14,25-26H,1-8H3;2*7-12,22-23H,1-6H3;5-10,19-20H,1-4H3;3-10,17-18H,1-2H3;10*1H;;;;;/q;;;;;;;;;;;;;;;5*+2/p-10. The van der Waals surface area contributed by atoms with Crippen molar-refractivity contribution in [2.24, 2.45) is 25.0 Å². The summed E-state index contributed by atoms with van der Waals surface area (Å²) in [4.78, 5) is 20.7. The second-order valence-electron chi connectivity index (χ2n) is 32.5. The fourth-order valence-corrected chi connectivity index (χ4v) is 19.0. The van der Waals surface area contributed by atoms with Crippen molar-refractivity contribution in [2.45, 2.75) is 167 Å². The van der Waals surface area contributed by atoms with Gasteiger partial charge in [0.1, 0.15) is 28.7 Å². The van der Waals surface area contributed by atoms with Crippen LogP contribution in [0.4, 0.5) is 0 Å². The molecule has 670 valence electrons. The molecule has 0 amide bonds. The Kier molecular flexibility index (Phi) is 61.5. The first-order valence-electron chi connectivity index (χ1n) is 39.1. The predicted molar refractivity (Wildman–Crippen MR) is 554 cm³/mol. The number of phenolic OH excluding ortho intramolecular Hbond substituents is 5. The van der Waals surface area contributed by atoms with Gasteiger partial charge in [-0.2, -0.15) is 0 Å². The molecule has 0 spiro atoms. The Bertz CT molecular complexity index is 5090. The number of aryl methyl sites for hydroxylation is 9. The van der Waals surface area contributed by atoms with Gasteiger partial charge in [-0.25, -0.2) is 0 Å². The third-order valence-electron chi connectivity index (χ3n) is 18.4. The number of rotatable bonds is 15. The summed E-state index contributed by atoms with van der Waals surface area (Å²) in [7, 11) is 59.9. The van der Waals surface area contributed by atoms with Gasteiger partial charge in [-0.3, -0.25) is 25.0 Å². The van der Waals surface area contributed by atoms with Crippen LogP contribution in [0.25, 0.3) is 0 Å². The van der Waals surface area contributed by atoms with Gasteiger partial charge in [0, 0.05) is 132 Å². The second kappa shape index (κ2) is 63.4. The molecule has 30 heteroatoms.